The van der Waals surface area contributed by atoms with Crippen molar-refractivity contribution in [2.75, 3.05) is 6.54 Å². The summed E-state index contributed by atoms with van der Waals surface area (Å²) in [4.78, 5) is 23.1. The normalized spacial score (nSPS) is 10.2. The maximum atomic E-state index is 13.2. The van der Waals surface area contributed by atoms with Crippen LogP contribution in [0, 0.1) is 17.1 Å². The minimum atomic E-state index is -0.984. The Kier molecular flexibility index (Phi) is 6.97. The van der Waals surface area contributed by atoms with E-state index in [1.165, 1.54) is 18.2 Å². The van der Waals surface area contributed by atoms with Gasteiger partial charge in [0, 0.05) is 12.1 Å². The van der Waals surface area contributed by atoms with Gasteiger partial charge in [-0.2, -0.15) is 5.26 Å². The van der Waals surface area contributed by atoms with Gasteiger partial charge in [0.2, 0.25) is 0 Å². The SMILES string of the molecule is N#Cc1cc(CC(=O)O)ccc1Oc1ccc(C(=O)NCCc2cccc(F)c2)cc1. The number of carbonyl (C=O) groups excluding carboxylic acids is 1. The third-order valence-corrected chi connectivity index (χ3v) is 4.45. The van der Waals surface area contributed by atoms with Crippen molar-refractivity contribution in [3.8, 4) is 17.6 Å². The van der Waals surface area contributed by atoms with Gasteiger partial charge in [0.25, 0.3) is 5.91 Å². The first-order valence-corrected chi connectivity index (χ1v) is 9.50. The highest BCUT2D eigenvalue weighted by Crippen LogP contribution is 2.26. The van der Waals surface area contributed by atoms with Gasteiger partial charge in [-0.25, -0.2) is 4.39 Å². The number of hydrogen-bond donors (Lipinski definition) is 2. The molecule has 1 amide bonds. The van der Waals surface area contributed by atoms with Crippen molar-refractivity contribution in [1.82, 2.24) is 5.32 Å². The van der Waals surface area contributed by atoms with Crippen LogP contribution in [0.3, 0.4) is 0 Å². The first-order chi connectivity index (χ1) is 14.9. The van der Waals surface area contributed by atoms with Gasteiger partial charge >= 0.3 is 5.97 Å². The molecule has 3 rings (SSSR count). The van der Waals surface area contributed by atoms with Gasteiger partial charge in [-0.1, -0.05) is 18.2 Å². The second-order valence-electron chi connectivity index (χ2n) is 6.78. The largest absolute Gasteiger partial charge is 0.481 e. The Morgan fingerprint density at radius 2 is 1.81 bits per heavy atom. The van der Waals surface area contributed by atoms with E-state index in [-0.39, 0.29) is 23.7 Å². The third-order valence-electron chi connectivity index (χ3n) is 4.45. The lowest BCUT2D eigenvalue weighted by Crippen LogP contribution is -2.25. The Hall–Kier alpha value is -4.18. The molecule has 2 N–H and O–H groups in total. The van der Waals surface area contributed by atoms with Crippen LogP contribution in [0.1, 0.15) is 27.0 Å². The van der Waals surface area contributed by atoms with Crippen LogP contribution >= 0.6 is 0 Å². The molecule has 0 heterocycles. The Morgan fingerprint density at radius 1 is 1.03 bits per heavy atom. The molecule has 0 aliphatic rings. The van der Waals surface area contributed by atoms with Crippen LogP contribution < -0.4 is 10.1 Å². The summed E-state index contributed by atoms with van der Waals surface area (Å²) in [5.41, 5.74) is 1.95. The van der Waals surface area contributed by atoms with Gasteiger partial charge in [-0.05, 0) is 66.1 Å². The number of benzene rings is 3. The molecule has 0 atom stereocenters. The fraction of sp³-hybridized carbons (Fsp3) is 0.125. The molecule has 0 radical (unpaired) electrons. The summed E-state index contributed by atoms with van der Waals surface area (Å²) >= 11 is 0. The van der Waals surface area contributed by atoms with E-state index in [9.17, 15) is 19.2 Å². The quantitative estimate of drug-likeness (QED) is 0.574. The smallest absolute Gasteiger partial charge is 0.307 e. The van der Waals surface area contributed by atoms with E-state index in [1.54, 1.807) is 48.5 Å². The lowest BCUT2D eigenvalue weighted by atomic mass is 10.1. The van der Waals surface area contributed by atoms with Crippen molar-refractivity contribution >= 4 is 11.9 Å². The number of aliphatic carboxylic acids is 1. The van der Waals surface area contributed by atoms with Crippen LogP contribution in [0.15, 0.2) is 66.7 Å². The Balaban J connectivity index is 1.59. The van der Waals surface area contributed by atoms with Crippen molar-refractivity contribution in [3.05, 3.63) is 94.8 Å². The molecule has 3 aromatic rings. The predicted molar refractivity (Wildman–Crippen MR) is 111 cm³/mol. The van der Waals surface area contributed by atoms with Crippen molar-refractivity contribution in [2.24, 2.45) is 0 Å². The topological polar surface area (TPSA) is 99.4 Å². The van der Waals surface area contributed by atoms with Crippen LogP contribution in [0.5, 0.6) is 11.5 Å². The fourth-order valence-corrected chi connectivity index (χ4v) is 2.95. The van der Waals surface area contributed by atoms with Gasteiger partial charge in [-0.15, -0.1) is 0 Å². The lowest BCUT2D eigenvalue weighted by Gasteiger charge is -2.10. The number of amides is 1. The van der Waals surface area contributed by atoms with Gasteiger partial charge in [0.1, 0.15) is 23.4 Å². The minimum Gasteiger partial charge on any atom is -0.481 e. The first-order valence-electron chi connectivity index (χ1n) is 9.50. The number of carboxylic acids is 1. The molecule has 0 spiro atoms. The Bertz CT molecular complexity index is 1140. The molecule has 0 aromatic heterocycles. The van der Waals surface area contributed by atoms with E-state index >= 15 is 0 Å². The summed E-state index contributed by atoms with van der Waals surface area (Å²) in [6.45, 7) is 0.370. The molecule has 0 aliphatic carbocycles. The van der Waals surface area contributed by atoms with Gasteiger partial charge in [-0.3, -0.25) is 9.59 Å². The number of halogens is 1. The molecule has 0 aliphatic heterocycles. The number of carboxylic acid groups (broad SMARTS) is 1. The zero-order valence-corrected chi connectivity index (χ0v) is 16.5. The number of nitrogens with one attached hydrogen (secondary N) is 1. The number of nitriles is 1. The van der Waals surface area contributed by atoms with Crippen LogP contribution in [0.4, 0.5) is 4.39 Å². The summed E-state index contributed by atoms with van der Waals surface area (Å²) in [5.74, 6) is -0.834. The Labute approximate surface area is 178 Å². The standard InChI is InChI=1S/C24H19FN2O4/c25-20-3-1-2-16(13-20)10-11-27-24(30)18-5-7-21(8-6-18)31-22-9-4-17(14-23(28)29)12-19(22)15-26/h1-9,12-13H,10-11,14H2,(H,27,30)(H,28,29). The molecule has 0 fully saturated rings. The van der Waals surface area contributed by atoms with E-state index in [0.29, 0.717) is 35.6 Å². The van der Waals surface area contributed by atoms with Crippen LogP contribution in [-0.2, 0) is 17.6 Å². The summed E-state index contributed by atoms with van der Waals surface area (Å²) in [6.07, 6.45) is 0.331. The second kappa shape index (κ2) is 10.0. The second-order valence-corrected chi connectivity index (χ2v) is 6.78. The number of nitrogens with zero attached hydrogens (tertiary/aromatic N) is 1. The van der Waals surface area contributed by atoms with Crippen LogP contribution in [0.2, 0.25) is 0 Å². The summed E-state index contributed by atoms with van der Waals surface area (Å²) in [6, 6.07) is 19.2. The monoisotopic (exact) mass is 418 g/mol. The molecule has 3 aromatic carbocycles. The molecule has 156 valence electrons. The maximum Gasteiger partial charge on any atom is 0.307 e. The van der Waals surface area contributed by atoms with Crippen molar-refractivity contribution < 1.29 is 23.8 Å². The lowest BCUT2D eigenvalue weighted by molar-refractivity contribution is -0.136. The fourth-order valence-electron chi connectivity index (χ4n) is 2.95. The minimum absolute atomic E-state index is 0.183. The van der Waals surface area contributed by atoms with Crippen molar-refractivity contribution in [1.29, 1.82) is 5.26 Å². The van der Waals surface area contributed by atoms with Gasteiger partial charge in [0.05, 0.1) is 12.0 Å². The zero-order valence-electron chi connectivity index (χ0n) is 16.5. The molecule has 31 heavy (non-hydrogen) atoms. The van der Waals surface area contributed by atoms with Crippen LogP contribution in [-0.4, -0.2) is 23.5 Å². The highest BCUT2D eigenvalue weighted by Gasteiger charge is 2.10. The van der Waals surface area contributed by atoms with E-state index in [0.717, 1.165) is 5.56 Å². The van der Waals surface area contributed by atoms with Crippen molar-refractivity contribution in [2.45, 2.75) is 12.8 Å². The molecule has 0 saturated heterocycles. The molecule has 0 bridgehead atoms. The van der Waals surface area contributed by atoms with E-state index in [2.05, 4.69) is 5.32 Å². The number of ether oxygens (including phenoxy) is 1. The average Bonchev–Trinajstić information content (AvgIpc) is 2.75. The molecule has 0 unspecified atom stereocenters. The number of hydrogen-bond acceptors (Lipinski definition) is 4. The zero-order chi connectivity index (χ0) is 22.2. The number of carbonyl (C=O) groups is 2. The summed E-state index contributed by atoms with van der Waals surface area (Å²) in [5, 5.41) is 21.0. The molecular weight excluding hydrogens is 399 g/mol. The Morgan fingerprint density at radius 3 is 2.48 bits per heavy atom. The van der Waals surface area contributed by atoms with Gasteiger partial charge in [0.15, 0.2) is 0 Å². The van der Waals surface area contributed by atoms with E-state index in [4.69, 9.17) is 9.84 Å². The molecule has 6 nitrogen and oxygen atoms in total. The van der Waals surface area contributed by atoms with E-state index < -0.39 is 5.97 Å². The van der Waals surface area contributed by atoms with Crippen LogP contribution in [0.25, 0.3) is 0 Å². The molecule has 7 heteroatoms. The number of rotatable bonds is 8. The summed E-state index contributed by atoms with van der Waals surface area (Å²) < 4.78 is 18.9. The maximum absolute atomic E-state index is 13.2. The third kappa shape index (κ3) is 6.15. The highest BCUT2D eigenvalue weighted by atomic mass is 19.1. The average molecular weight is 418 g/mol. The highest BCUT2D eigenvalue weighted by molar-refractivity contribution is 5.94. The first kappa shape index (κ1) is 21.5. The van der Waals surface area contributed by atoms with E-state index in [1.807, 2.05) is 6.07 Å². The molecule has 0 saturated carbocycles. The molecular formula is C24H19FN2O4. The predicted octanol–water partition coefficient (Wildman–Crippen LogP) is 4.09. The summed E-state index contributed by atoms with van der Waals surface area (Å²) in [7, 11) is 0. The van der Waals surface area contributed by atoms with Gasteiger partial charge < -0.3 is 15.2 Å². The van der Waals surface area contributed by atoms with Crippen molar-refractivity contribution in [3.63, 3.8) is 0 Å².